The molecule has 0 aromatic rings. The van der Waals surface area contributed by atoms with E-state index in [1.165, 1.54) is 0 Å². The Labute approximate surface area is 119 Å². The van der Waals surface area contributed by atoms with Crippen LogP contribution in [0.25, 0.3) is 0 Å². The van der Waals surface area contributed by atoms with Crippen molar-refractivity contribution in [2.45, 2.75) is 45.3 Å². The molecule has 0 aliphatic carbocycles. The highest BCUT2D eigenvalue weighted by Crippen LogP contribution is 2.06. The van der Waals surface area contributed by atoms with Gasteiger partial charge in [-0.1, -0.05) is 0 Å². The summed E-state index contributed by atoms with van der Waals surface area (Å²) in [6, 6.07) is 0.264. The molecule has 0 radical (unpaired) electrons. The van der Waals surface area contributed by atoms with Crippen molar-refractivity contribution in [2.24, 2.45) is 0 Å². The van der Waals surface area contributed by atoms with Gasteiger partial charge in [-0.15, -0.1) is 0 Å². The van der Waals surface area contributed by atoms with Crippen LogP contribution in [-0.4, -0.2) is 50.1 Å². The first kappa shape index (κ1) is 16.6. The molecule has 3 N–H and O–H groups in total. The third-order valence-electron chi connectivity index (χ3n) is 2.64. The topological polar surface area (TPSA) is 88.7 Å². The molecule has 1 saturated heterocycles. The fourth-order valence-electron chi connectivity index (χ4n) is 1.77. The first-order valence-corrected chi connectivity index (χ1v) is 6.98. The summed E-state index contributed by atoms with van der Waals surface area (Å²) in [5, 5.41) is 8.35. The van der Waals surface area contributed by atoms with Crippen LogP contribution in [0.4, 0.5) is 9.59 Å². The molecule has 1 fully saturated rings. The lowest BCUT2D eigenvalue weighted by Crippen LogP contribution is -2.38. The molecule has 2 amide bonds. The molecule has 1 aliphatic heterocycles. The Hall–Kier alpha value is -1.50. The molecule has 20 heavy (non-hydrogen) atoms. The van der Waals surface area contributed by atoms with Crippen molar-refractivity contribution in [2.75, 3.05) is 26.2 Å². The van der Waals surface area contributed by atoms with Crippen LogP contribution in [0, 0.1) is 0 Å². The Balaban J connectivity index is 2.00. The molecule has 116 valence electrons. The van der Waals surface area contributed by atoms with Gasteiger partial charge in [-0.25, -0.2) is 9.59 Å². The van der Waals surface area contributed by atoms with E-state index in [1.807, 2.05) is 0 Å². The van der Waals surface area contributed by atoms with Gasteiger partial charge in [-0.2, -0.15) is 0 Å². The van der Waals surface area contributed by atoms with E-state index in [4.69, 9.17) is 9.47 Å². The molecule has 0 aromatic carbocycles. The lowest BCUT2D eigenvalue weighted by molar-refractivity contribution is 0.0527. The summed E-state index contributed by atoms with van der Waals surface area (Å²) in [7, 11) is 0. The number of rotatable bonds is 5. The number of hydrogen-bond acceptors (Lipinski definition) is 5. The second-order valence-corrected chi connectivity index (χ2v) is 5.75. The first-order valence-electron chi connectivity index (χ1n) is 6.98. The second kappa shape index (κ2) is 7.94. The quantitative estimate of drug-likeness (QED) is 0.656. The van der Waals surface area contributed by atoms with Crippen LogP contribution >= 0.6 is 0 Å². The van der Waals surface area contributed by atoms with Gasteiger partial charge in [0, 0.05) is 19.1 Å². The number of carbonyl (C=O) groups excluding carboxylic acids is 2. The second-order valence-electron chi connectivity index (χ2n) is 5.75. The number of hydrogen-bond donors (Lipinski definition) is 3. The van der Waals surface area contributed by atoms with E-state index in [9.17, 15) is 9.59 Å². The van der Waals surface area contributed by atoms with Crippen molar-refractivity contribution < 1.29 is 19.1 Å². The van der Waals surface area contributed by atoms with Crippen LogP contribution < -0.4 is 16.0 Å². The SMILES string of the molecule is CC(C)(C)OC(=O)NCCNC(=O)OC[C@@H]1CCCN1. The van der Waals surface area contributed by atoms with Crippen LogP contribution in [0.2, 0.25) is 0 Å². The van der Waals surface area contributed by atoms with Crippen molar-refractivity contribution in [1.82, 2.24) is 16.0 Å². The zero-order chi connectivity index (χ0) is 15.0. The van der Waals surface area contributed by atoms with E-state index < -0.39 is 17.8 Å². The van der Waals surface area contributed by atoms with Crippen LogP contribution in [0.1, 0.15) is 33.6 Å². The van der Waals surface area contributed by atoms with Crippen molar-refractivity contribution in [3.05, 3.63) is 0 Å². The summed E-state index contributed by atoms with van der Waals surface area (Å²) in [4.78, 5) is 22.7. The van der Waals surface area contributed by atoms with E-state index in [0.717, 1.165) is 19.4 Å². The zero-order valence-electron chi connectivity index (χ0n) is 12.5. The number of ether oxygens (including phenoxy) is 2. The minimum Gasteiger partial charge on any atom is -0.448 e. The molecule has 7 nitrogen and oxygen atoms in total. The average molecular weight is 287 g/mol. The number of amides is 2. The molecule has 0 bridgehead atoms. The molecule has 1 rings (SSSR count). The molecule has 1 heterocycles. The Morgan fingerprint density at radius 3 is 2.40 bits per heavy atom. The minimum absolute atomic E-state index is 0.264. The van der Waals surface area contributed by atoms with Crippen molar-refractivity contribution in [3.8, 4) is 0 Å². The van der Waals surface area contributed by atoms with Crippen molar-refractivity contribution in [1.29, 1.82) is 0 Å². The lowest BCUT2D eigenvalue weighted by atomic mass is 10.2. The molecule has 1 atom stereocenters. The first-order chi connectivity index (χ1) is 9.37. The molecule has 0 unspecified atom stereocenters. The summed E-state index contributed by atoms with van der Waals surface area (Å²) >= 11 is 0. The summed E-state index contributed by atoms with van der Waals surface area (Å²) in [5.74, 6) is 0. The highest BCUT2D eigenvalue weighted by molar-refractivity contribution is 5.68. The van der Waals surface area contributed by atoms with Gasteiger partial charge in [0.05, 0.1) is 0 Å². The minimum atomic E-state index is -0.523. The average Bonchev–Trinajstić information content (AvgIpc) is 2.83. The van der Waals surface area contributed by atoms with Gasteiger partial charge in [0.1, 0.15) is 12.2 Å². The maximum atomic E-state index is 11.4. The molecular formula is C13H25N3O4. The number of alkyl carbamates (subject to hydrolysis) is 2. The highest BCUT2D eigenvalue weighted by atomic mass is 16.6. The molecular weight excluding hydrogens is 262 g/mol. The van der Waals surface area contributed by atoms with Crippen molar-refractivity contribution in [3.63, 3.8) is 0 Å². The predicted molar refractivity (Wildman–Crippen MR) is 74.6 cm³/mol. The number of nitrogens with one attached hydrogen (secondary N) is 3. The largest absolute Gasteiger partial charge is 0.448 e. The predicted octanol–water partition coefficient (Wildman–Crippen LogP) is 0.989. The van der Waals surface area contributed by atoms with Crippen LogP contribution in [0.15, 0.2) is 0 Å². The molecule has 0 saturated carbocycles. The Morgan fingerprint density at radius 2 is 1.85 bits per heavy atom. The fraction of sp³-hybridized carbons (Fsp3) is 0.846. The van der Waals surface area contributed by atoms with Crippen LogP contribution in [0.3, 0.4) is 0 Å². The number of carbonyl (C=O) groups is 2. The van der Waals surface area contributed by atoms with Crippen LogP contribution in [0.5, 0.6) is 0 Å². The summed E-state index contributed by atoms with van der Waals surface area (Å²) in [6.45, 7) is 7.33. The summed E-state index contributed by atoms with van der Waals surface area (Å²) in [5.41, 5.74) is -0.523. The third-order valence-corrected chi connectivity index (χ3v) is 2.64. The third kappa shape index (κ3) is 7.83. The van der Waals surface area contributed by atoms with Gasteiger partial charge in [-0.3, -0.25) is 0 Å². The Kier molecular flexibility index (Phi) is 6.57. The van der Waals surface area contributed by atoms with E-state index in [0.29, 0.717) is 19.7 Å². The van der Waals surface area contributed by atoms with Gasteiger partial charge in [0.2, 0.25) is 0 Å². The maximum Gasteiger partial charge on any atom is 0.407 e. The highest BCUT2D eigenvalue weighted by Gasteiger charge is 2.16. The molecule has 0 aromatic heterocycles. The Bertz CT molecular complexity index is 322. The standard InChI is InChI=1S/C13H25N3O4/c1-13(2,3)20-12(18)16-8-7-15-11(17)19-9-10-5-4-6-14-10/h10,14H,4-9H2,1-3H3,(H,15,17)(H,16,18)/t10-/m0/s1. The van der Waals surface area contributed by atoms with E-state index in [-0.39, 0.29) is 6.04 Å². The van der Waals surface area contributed by atoms with E-state index in [2.05, 4.69) is 16.0 Å². The van der Waals surface area contributed by atoms with Gasteiger partial charge < -0.3 is 25.4 Å². The summed E-state index contributed by atoms with van der Waals surface area (Å²) < 4.78 is 10.1. The molecule has 0 spiro atoms. The van der Waals surface area contributed by atoms with Gasteiger partial charge in [-0.05, 0) is 40.2 Å². The normalized spacial score (nSPS) is 18.4. The smallest absolute Gasteiger partial charge is 0.407 e. The molecule has 7 heteroatoms. The zero-order valence-corrected chi connectivity index (χ0v) is 12.5. The van der Waals surface area contributed by atoms with Crippen molar-refractivity contribution >= 4 is 12.2 Å². The van der Waals surface area contributed by atoms with E-state index >= 15 is 0 Å². The molecule has 1 aliphatic rings. The van der Waals surface area contributed by atoms with E-state index in [1.54, 1.807) is 20.8 Å². The monoisotopic (exact) mass is 287 g/mol. The Morgan fingerprint density at radius 1 is 1.20 bits per heavy atom. The fourth-order valence-corrected chi connectivity index (χ4v) is 1.77. The maximum absolute atomic E-state index is 11.4. The van der Waals surface area contributed by atoms with Gasteiger partial charge >= 0.3 is 12.2 Å². The van der Waals surface area contributed by atoms with Crippen LogP contribution in [-0.2, 0) is 9.47 Å². The lowest BCUT2D eigenvalue weighted by Gasteiger charge is -2.19. The van der Waals surface area contributed by atoms with Gasteiger partial charge in [0.25, 0.3) is 0 Å². The summed E-state index contributed by atoms with van der Waals surface area (Å²) in [6.07, 6.45) is 1.19. The van der Waals surface area contributed by atoms with Gasteiger partial charge in [0.15, 0.2) is 0 Å².